The number of ether oxygens (including phenoxy) is 3. The van der Waals surface area contributed by atoms with E-state index in [2.05, 4.69) is 26.8 Å². The second-order valence-corrected chi connectivity index (χ2v) is 14.0. The van der Waals surface area contributed by atoms with Gasteiger partial charge in [0.15, 0.2) is 0 Å². The molecule has 52 heavy (non-hydrogen) atoms. The summed E-state index contributed by atoms with van der Waals surface area (Å²) in [6, 6.07) is 9.24. The van der Waals surface area contributed by atoms with Crippen molar-refractivity contribution in [1.82, 2.24) is 30.1 Å². The minimum atomic E-state index is -0.617. The van der Waals surface area contributed by atoms with Crippen molar-refractivity contribution < 1.29 is 38.8 Å². The molecule has 2 saturated heterocycles. The molecule has 2 aliphatic rings. The van der Waals surface area contributed by atoms with E-state index in [0.717, 1.165) is 11.1 Å². The Bertz CT molecular complexity index is 1740. The zero-order chi connectivity index (χ0) is 38.2. The van der Waals surface area contributed by atoms with Gasteiger partial charge in [0.2, 0.25) is 5.91 Å². The number of aromatic nitrogens is 3. The van der Waals surface area contributed by atoms with Gasteiger partial charge >= 0.3 is 6.09 Å². The van der Waals surface area contributed by atoms with Gasteiger partial charge in [-0.15, -0.1) is 0 Å². The number of halogens is 3. The van der Waals surface area contributed by atoms with Crippen molar-refractivity contribution in [2.75, 3.05) is 46.6 Å². The smallest absolute Gasteiger partial charge is 0.410 e. The summed E-state index contributed by atoms with van der Waals surface area (Å²) >= 11 is 18.1. The average molecular weight is 780 g/mol. The Morgan fingerprint density at radius 3 is 2.00 bits per heavy atom. The molecule has 0 spiro atoms. The molecular weight excluding hydrogens is 739 g/mol. The summed E-state index contributed by atoms with van der Waals surface area (Å²) in [5, 5.41) is 22.3. The minimum absolute atomic E-state index is 0.187. The Balaban J connectivity index is 0.000000239. The molecule has 3 amide bonds. The number of nitrogens with one attached hydrogen (secondary N) is 1. The lowest BCUT2D eigenvalue weighted by Gasteiger charge is -2.39. The largest absolute Gasteiger partial charge is 0.444 e. The topological polar surface area (TPSA) is 177 Å². The molecule has 3 aromatic rings. The lowest BCUT2D eigenvalue weighted by Crippen LogP contribution is -2.52. The first-order valence-corrected chi connectivity index (χ1v) is 17.4. The molecular formula is C35H41Cl3N6O8. The van der Waals surface area contributed by atoms with Gasteiger partial charge in [-0.05, 0) is 74.4 Å². The van der Waals surface area contributed by atoms with E-state index in [9.17, 15) is 24.6 Å². The zero-order valence-corrected chi connectivity index (χ0v) is 31.4. The minimum Gasteiger partial charge on any atom is -0.444 e. The SMILES string of the molecule is C=CC(=O)N1C[C@H](c2cc(Cl)nc(-c3ccnc(C(=O)NC)c3)c2)OC[C@H]1CO.CC(C)(C)OC(=O)N1C[C@@H](c2cc(Cl)nc(Cl)c2)OC[C@@H]1CO. The lowest BCUT2D eigenvalue weighted by molar-refractivity contribution is -0.142. The molecule has 3 aromatic heterocycles. The van der Waals surface area contributed by atoms with E-state index in [1.165, 1.54) is 29.1 Å². The summed E-state index contributed by atoms with van der Waals surface area (Å²) in [5.41, 5.74) is 2.32. The predicted octanol–water partition coefficient (Wildman–Crippen LogP) is 4.66. The Labute approximate surface area is 316 Å². The highest BCUT2D eigenvalue weighted by atomic mass is 35.5. The molecule has 2 fully saturated rings. The van der Waals surface area contributed by atoms with E-state index in [1.807, 2.05) is 0 Å². The third-order valence-electron chi connectivity index (χ3n) is 7.95. The number of carbonyl (C=O) groups excluding carboxylic acids is 3. The van der Waals surface area contributed by atoms with Crippen LogP contribution in [0.25, 0.3) is 11.3 Å². The molecule has 0 radical (unpaired) electrons. The highest BCUT2D eigenvalue weighted by Crippen LogP contribution is 2.31. The number of pyridine rings is 3. The van der Waals surface area contributed by atoms with Crippen molar-refractivity contribution in [3.8, 4) is 11.3 Å². The lowest BCUT2D eigenvalue weighted by atomic mass is 10.0. The van der Waals surface area contributed by atoms with Gasteiger partial charge in [-0.25, -0.2) is 14.8 Å². The third-order valence-corrected chi connectivity index (χ3v) is 8.53. The summed E-state index contributed by atoms with van der Waals surface area (Å²) in [6.07, 6.45) is 1.39. The van der Waals surface area contributed by atoms with E-state index < -0.39 is 36.0 Å². The van der Waals surface area contributed by atoms with E-state index in [-0.39, 0.29) is 72.5 Å². The summed E-state index contributed by atoms with van der Waals surface area (Å²) < 4.78 is 17.0. The normalized spacial score (nSPS) is 20.3. The van der Waals surface area contributed by atoms with E-state index in [0.29, 0.717) is 11.3 Å². The number of hydrogen-bond acceptors (Lipinski definition) is 11. The van der Waals surface area contributed by atoms with Crippen molar-refractivity contribution >= 4 is 52.7 Å². The fourth-order valence-corrected chi connectivity index (χ4v) is 6.09. The van der Waals surface area contributed by atoms with Crippen LogP contribution in [-0.4, -0.2) is 117 Å². The first-order valence-electron chi connectivity index (χ1n) is 16.2. The summed E-state index contributed by atoms with van der Waals surface area (Å²) in [5.74, 6) is -0.583. The predicted molar refractivity (Wildman–Crippen MR) is 194 cm³/mol. The van der Waals surface area contributed by atoms with Crippen LogP contribution < -0.4 is 5.32 Å². The number of aliphatic hydroxyl groups excluding tert-OH is 2. The third kappa shape index (κ3) is 10.8. The van der Waals surface area contributed by atoms with Crippen LogP contribution >= 0.6 is 34.8 Å². The monoisotopic (exact) mass is 778 g/mol. The summed E-state index contributed by atoms with van der Waals surface area (Å²) in [7, 11) is 1.53. The van der Waals surface area contributed by atoms with Crippen molar-refractivity contribution in [3.05, 3.63) is 87.5 Å². The van der Waals surface area contributed by atoms with Crippen LogP contribution in [-0.2, 0) is 19.0 Å². The van der Waals surface area contributed by atoms with Crippen molar-refractivity contribution in [2.45, 2.75) is 50.7 Å². The second kappa shape index (κ2) is 18.2. The number of nitrogens with zero attached hydrogens (tertiary/aromatic N) is 5. The van der Waals surface area contributed by atoms with Gasteiger partial charge in [-0.2, -0.15) is 0 Å². The summed E-state index contributed by atoms with van der Waals surface area (Å²) in [4.78, 5) is 51.7. The Hall–Kier alpha value is -3.89. The molecule has 17 heteroatoms. The van der Waals surface area contributed by atoms with Crippen LogP contribution in [0.1, 0.15) is 54.6 Å². The molecule has 4 atom stereocenters. The fraction of sp³-hybridized carbons (Fsp3) is 0.429. The highest BCUT2D eigenvalue weighted by molar-refractivity contribution is 6.32. The molecule has 0 unspecified atom stereocenters. The van der Waals surface area contributed by atoms with Crippen LogP contribution in [0.15, 0.2) is 55.3 Å². The van der Waals surface area contributed by atoms with Crippen LogP contribution in [0, 0.1) is 0 Å². The highest BCUT2D eigenvalue weighted by Gasteiger charge is 2.36. The second-order valence-electron chi connectivity index (χ2n) is 12.8. The maximum Gasteiger partial charge on any atom is 0.410 e. The van der Waals surface area contributed by atoms with Crippen molar-refractivity contribution in [2.24, 2.45) is 0 Å². The molecule has 2 aliphatic heterocycles. The standard InChI is InChI=1S/C20H21ClN4O4.C15H20Cl2N2O4/c1-3-19(27)25-9-17(29-11-14(25)10-26)13-7-15(24-18(21)8-13)12-4-5-23-16(6-12)20(28)22-2;1-15(2,3)23-14(21)19-6-11(22-8-10(19)7-20)9-4-12(16)18-13(17)5-9/h3-8,14,17,26H,1,9-11H2,2H3,(H,22,28);4-5,10-11,20H,6-8H2,1-3H3/t14-,17-;10-,11-/m10/s1. The molecule has 5 heterocycles. The number of rotatable bonds is 7. The quantitative estimate of drug-likeness (QED) is 0.225. The number of hydrogen-bond donors (Lipinski definition) is 3. The molecule has 0 aliphatic carbocycles. The van der Waals surface area contributed by atoms with Gasteiger partial charge in [-0.1, -0.05) is 41.4 Å². The van der Waals surface area contributed by atoms with Gasteiger partial charge < -0.3 is 34.6 Å². The first kappa shape index (κ1) is 40.9. The van der Waals surface area contributed by atoms with Crippen LogP contribution in [0.3, 0.4) is 0 Å². The Morgan fingerprint density at radius 1 is 0.923 bits per heavy atom. The van der Waals surface area contributed by atoms with Crippen LogP contribution in [0.5, 0.6) is 0 Å². The van der Waals surface area contributed by atoms with Gasteiger partial charge in [0.25, 0.3) is 5.91 Å². The molecule has 0 bridgehead atoms. The first-order chi connectivity index (χ1) is 24.7. The number of aliphatic hydroxyl groups is 2. The van der Waals surface area contributed by atoms with E-state index >= 15 is 0 Å². The maximum atomic E-state index is 12.4. The maximum absolute atomic E-state index is 12.4. The Morgan fingerprint density at radius 2 is 1.46 bits per heavy atom. The number of amides is 3. The van der Waals surface area contributed by atoms with Crippen LogP contribution in [0.4, 0.5) is 4.79 Å². The van der Waals surface area contributed by atoms with Gasteiger partial charge in [0.05, 0.1) is 57.3 Å². The number of morpholine rings is 2. The molecule has 0 aromatic carbocycles. The van der Waals surface area contributed by atoms with Gasteiger partial charge in [0.1, 0.15) is 39.0 Å². The molecule has 3 N–H and O–H groups in total. The Kier molecular flexibility index (Phi) is 14.3. The van der Waals surface area contributed by atoms with Crippen molar-refractivity contribution in [3.63, 3.8) is 0 Å². The molecule has 0 saturated carbocycles. The zero-order valence-electron chi connectivity index (χ0n) is 29.1. The molecule has 14 nitrogen and oxygen atoms in total. The van der Waals surface area contributed by atoms with Crippen molar-refractivity contribution in [1.29, 1.82) is 0 Å². The van der Waals surface area contributed by atoms with Gasteiger partial charge in [0, 0.05) is 18.8 Å². The molecule has 5 rings (SSSR count). The van der Waals surface area contributed by atoms with E-state index in [4.69, 9.17) is 49.0 Å². The summed E-state index contributed by atoms with van der Waals surface area (Å²) in [6.45, 7) is 9.34. The molecule has 280 valence electrons. The fourth-order valence-electron chi connectivity index (χ4n) is 5.39. The van der Waals surface area contributed by atoms with Crippen LogP contribution in [0.2, 0.25) is 15.5 Å². The average Bonchev–Trinajstić information content (AvgIpc) is 3.12. The van der Waals surface area contributed by atoms with Gasteiger partial charge in [-0.3, -0.25) is 19.5 Å². The number of carbonyl (C=O) groups is 3. The van der Waals surface area contributed by atoms with E-state index in [1.54, 1.807) is 57.2 Å².